The van der Waals surface area contributed by atoms with Crippen LogP contribution >= 0.6 is 11.8 Å². The summed E-state index contributed by atoms with van der Waals surface area (Å²) in [6.45, 7) is 1.45. The SMILES string of the molecule is CSCC[C@@H](N)C(=O)N1CCOC(CO)C1. The van der Waals surface area contributed by atoms with Gasteiger partial charge in [-0.25, -0.2) is 0 Å². The number of thioether (sulfide) groups is 1. The van der Waals surface area contributed by atoms with Crippen molar-refractivity contribution in [3.8, 4) is 0 Å². The highest BCUT2D eigenvalue weighted by Crippen LogP contribution is 2.08. The number of morpholine rings is 1. The molecule has 3 N–H and O–H groups in total. The quantitative estimate of drug-likeness (QED) is 0.672. The summed E-state index contributed by atoms with van der Waals surface area (Å²) >= 11 is 1.68. The Kier molecular flexibility index (Phi) is 6.12. The van der Waals surface area contributed by atoms with E-state index in [1.165, 1.54) is 0 Å². The average Bonchev–Trinajstić information content (AvgIpc) is 2.35. The van der Waals surface area contributed by atoms with Gasteiger partial charge in [0.2, 0.25) is 5.91 Å². The van der Waals surface area contributed by atoms with E-state index in [0.717, 1.165) is 5.75 Å². The molecule has 0 saturated carbocycles. The average molecular weight is 248 g/mol. The van der Waals surface area contributed by atoms with Gasteiger partial charge in [-0.3, -0.25) is 4.79 Å². The first-order valence-electron chi connectivity index (χ1n) is 5.44. The van der Waals surface area contributed by atoms with Crippen molar-refractivity contribution in [2.24, 2.45) is 5.73 Å². The standard InChI is InChI=1S/C10H20N2O3S/c1-16-5-2-9(11)10(14)12-3-4-15-8(6-12)7-13/h8-9,13H,2-7,11H2,1H3/t8?,9-/m1/s1. The van der Waals surface area contributed by atoms with Gasteiger partial charge in [0.15, 0.2) is 0 Å². The molecule has 0 aromatic rings. The molecule has 1 aliphatic rings. The van der Waals surface area contributed by atoms with Gasteiger partial charge < -0.3 is 20.5 Å². The molecule has 5 nitrogen and oxygen atoms in total. The van der Waals surface area contributed by atoms with E-state index >= 15 is 0 Å². The number of nitrogens with two attached hydrogens (primary N) is 1. The van der Waals surface area contributed by atoms with E-state index in [1.54, 1.807) is 16.7 Å². The summed E-state index contributed by atoms with van der Waals surface area (Å²) in [5, 5.41) is 8.97. The van der Waals surface area contributed by atoms with Crippen LogP contribution in [0.5, 0.6) is 0 Å². The lowest BCUT2D eigenvalue weighted by Crippen LogP contribution is -2.52. The zero-order chi connectivity index (χ0) is 12.0. The second kappa shape index (κ2) is 7.11. The molecular weight excluding hydrogens is 228 g/mol. The molecule has 0 aliphatic carbocycles. The summed E-state index contributed by atoms with van der Waals surface area (Å²) < 4.78 is 5.28. The molecule has 6 heteroatoms. The highest BCUT2D eigenvalue weighted by atomic mass is 32.2. The van der Waals surface area contributed by atoms with Gasteiger partial charge in [-0.15, -0.1) is 0 Å². The van der Waals surface area contributed by atoms with Crippen LogP contribution in [0.3, 0.4) is 0 Å². The summed E-state index contributed by atoms with van der Waals surface area (Å²) in [6.07, 6.45) is 2.43. The number of ether oxygens (including phenoxy) is 1. The monoisotopic (exact) mass is 248 g/mol. The summed E-state index contributed by atoms with van der Waals surface area (Å²) in [7, 11) is 0. The Morgan fingerprint density at radius 1 is 1.75 bits per heavy atom. The Hall–Kier alpha value is -0.300. The fourth-order valence-electron chi connectivity index (χ4n) is 1.63. The molecule has 1 unspecified atom stereocenters. The van der Waals surface area contributed by atoms with Crippen molar-refractivity contribution in [2.45, 2.75) is 18.6 Å². The number of rotatable bonds is 5. The van der Waals surface area contributed by atoms with Crippen molar-refractivity contribution in [3.63, 3.8) is 0 Å². The number of carbonyl (C=O) groups is 1. The predicted octanol–water partition coefficient (Wildman–Crippen LogP) is -0.713. The number of aliphatic hydroxyl groups is 1. The number of aliphatic hydroxyl groups excluding tert-OH is 1. The van der Waals surface area contributed by atoms with Crippen molar-refractivity contribution < 1.29 is 14.6 Å². The van der Waals surface area contributed by atoms with E-state index in [9.17, 15) is 4.79 Å². The van der Waals surface area contributed by atoms with Gasteiger partial charge in [0.05, 0.1) is 25.4 Å². The second-order valence-corrected chi connectivity index (χ2v) is 4.83. The Labute approximate surface area is 100 Å². The van der Waals surface area contributed by atoms with Crippen molar-refractivity contribution in [2.75, 3.05) is 38.3 Å². The van der Waals surface area contributed by atoms with Gasteiger partial charge in [-0.1, -0.05) is 0 Å². The summed E-state index contributed by atoms with van der Waals surface area (Å²) in [4.78, 5) is 13.6. The zero-order valence-electron chi connectivity index (χ0n) is 9.59. The van der Waals surface area contributed by atoms with E-state index in [0.29, 0.717) is 26.1 Å². The molecule has 0 aromatic carbocycles. The molecular formula is C10H20N2O3S. The van der Waals surface area contributed by atoms with Crippen LogP contribution in [0, 0.1) is 0 Å². The molecule has 1 rings (SSSR count). The number of amides is 1. The van der Waals surface area contributed by atoms with Crippen LogP contribution in [0.1, 0.15) is 6.42 Å². The van der Waals surface area contributed by atoms with Gasteiger partial charge in [0.25, 0.3) is 0 Å². The fourth-order valence-corrected chi connectivity index (χ4v) is 2.12. The van der Waals surface area contributed by atoms with E-state index in [4.69, 9.17) is 15.6 Å². The van der Waals surface area contributed by atoms with Crippen LogP contribution < -0.4 is 5.73 Å². The minimum atomic E-state index is -0.426. The number of nitrogens with zero attached hydrogens (tertiary/aromatic N) is 1. The highest BCUT2D eigenvalue weighted by molar-refractivity contribution is 7.98. The van der Waals surface area contributed by atoms with Gasteiger partial charge in [-0.05, 0) is 18.4 Å². The van der Waals surface area contributed by atoms with E-state index in [1.807, 2.05) is 6.26 Å². The van der Waals surface area contributed by atoms with Crippen molar-refractivity contribution >= 4 is 17.7 Å². The summed E-state index contributed by atoms with van der Waals surface area (Å²) in [6, 6.07) is -0.426. The lowest BCUT2D eigenvalue weighted by Gasteiger charge is -2.33. The zero-order valence-corrected chi connectivity index (χ0v) is 10.4. The summed E-state index contributed by atoms with van der Waals surface area (Å²) in [5.41, 5.74) is 5.81. The molecule has 2 atom stereocenters. The first-order valence-corrected chi connectivity index (χ1v) is 6.84. The van der Waals surface area contributed by atoms with Crippen LogP contribution in [0.2, 0.25) is 0 Å². The molecule has 1 heterocycles. The Bertz CT molecular complexity index is 228. The maximum absolute atomic E-state index is 11.9. The van der Waals surface area contributed by atoms with Crippen LogP contribution in [0.25, 0.3) is 0 Å². The molecule has 1 saturated heterocycles. The molecule has 16 heavy (non-hydrogen) atoms. The van der Waals surface area contributed by atoms with Crippen LogP contribution in [0.15, 0.2) is 0 Å². The Morgan fingerprint density at radius 3 is 3.12 bits per heavy atom. The van der Waals surface area contributed by atoms with Gasteiger partial charge in [-0.2, -0.15) is 11.8 Å². The molecule has 94 valence electrons. The van der Waals surface area contributed by atoms with Crippen molar-refractivity contribution in [3.05, 3.63) is 0 Å². The van der Waals surface area contributed by atoms with E-state index < -0.39 is 6.04 Å². The largest absolute Gasteiger partial charge is 0.394 e. The number of hydrogen-bond donors (Lipinski definition) is 2. The molecule has 0 aromatic heterocycles. The van der Waals surface area contributed by atoms with Crippen LogP contribution in [-0.2, 0) is 9.53 Å². The van der Waals surface area contributed by atoms with Crippen LogP contribution in [0.4, 0.5) is 0 Å². The molecule has 1 aliphatic heterocycles. The molecule has 0 radical (unpaired) electrons. The van der Waals surface area contributed by atoms with Gasteiger partial charge >= 0.3 is 0 Å². The summed E-state index contributed by atoms with van der Waals surface area (Å²) in [5.74, 6) is 0.858. The van der Waals surface area contributed by atoms with Crippen LogP contribution in [-0.4, -0.2) is 66.4 Å². The Morgan fingerprint density at radius 2 is 2.50 bits per heavy atom. The number of hydrogen-bond acceptors (Lipinski definition) is 5. The van der Waals surface area contributed by atoms with Crippen molar-refractivity contribution in [1.29, 1.82) is 0 Å². The first kappa shape index (κ1) is 13.8. The highest BCUT2D eigenvalue weighted by Gasteiger charge is 2.26. The molecule has 0 bridgehead atoms. The molecule has 1 amide bonds. The topological polar surface area (TPSA) is 75.8 Å². The fraction of sp³-hybridized carbons (Fsp3) is 0.900. The second-order valence-electron chi connectivity index (χ2n) is 3.85. The maximum atomic E-state index is 11.9. The van der Waals surface area contributed by atoms with E-state index in [2.05, 4.69) is 0 Å². The van der Waals surface area contributed by atoms with Gasteiger partial charge in [0, 0.05) is 13.1 Å². The lowest BCUT2D eigenvalue weighted by molar-refractivity contribution is -0.141. The lowest BCUT2D eigenvalue weighted by atomic mass is 10.2. The first-order chi connectivity index (χ1) is 7.69. The minimum absolute atomic E-state index is 0.0317. The number of carbonyl (C=O) groups excluding carboxylic acids is 1. The van der Waals surface area contributed by atoms with Gasteiger partial charge in [0.1, 0.15) is 0 Å². The third kappa shape index (κ3) is 3.93. The Balaban J connectivity index is 2.40. The van der Waals surface area contributed by atoms with E-state index in [-0.39, 0.29) is 18.6 Å². The maximum Gasteiger partial charge on any atom is 0.239 e. The molecule has 1 fully saturated rings. The third-order valence-corrected chi connectivity index (χ3v) is 3.25. The third-order valence-electron chi connectivity index (χ3n) is 2.60. The predicted molar refractivity (Wildman–Crippen MR) is 64.4 cm³/mol. The normalized spacial score (nSPS) is 23.2. The molecule has 0 spiro atoms. The van der Waals surface area contributed by atoms with Crippen molar-refractivity contribution in [1.82, 2.24) is 4.90 Å². The minimum Gasteiger partial charge on any atom is -0.394 e. The smallest absolute Gasteiger partial charge is 0.239 e.